The van der Waals surface area contributed by atoms with E-state index in [1.54, 1.807) is 0 Å². The fraction of sp³-hybridized carbons (Fsp3) is 0.857. The Labute approximate surface area is 108 Å². The number of carbonyl (C=O) groups excluding carboxylic acids is 1. The molecule has 0 saturated carbocycles. The van der Waals surface area contributed by atoms with E-state index in [2.05, 4.69) is 47.8 Å². The number of carbonyl (C=O) groups is 1. The van der Waals surface area contributed by atoms with Crippen LogP contribution < -0.4 is 5.73 Å². The zero-order chi connectivity index (χ0) is 11.4. The van der Waals surface area contributed by atoms with Crippen molar-refractivity contribution in [3.8, 4) is 0 Å². The van der Waals surface area contributed by atoms with E-state index in [1.165, 1.54) is 0 Å². The van der Waals surface area contributed by atoms with Crippen LogP contribution in [0.4, 0.5) is 0 Å². The van der Waals surface area contributed by atoms with Gasteiger partial charge in [0.25, 0.3) is 0 Å². The van der Waals surface area contributed by atoms with Gasteiger partial charge in [0, 0.05) is 21.4 Å². The van der Waals surface area contributed by atoms with Crippen LogP contribution in [-0.2, 0) is 4.79 Å². The first kappa shape index (κ1) is 14.8. The Morgan fingerprint density at radius 3 is 1.64 bits per heavy atom. The normalized spacial score (nSPS) is 14.4. The van der Waals surface area contributed by atoms with Gasteiger partial charge in [0.15, 0.2) is 6.29 Å². The van der Waals surface area contributed by atoms with Crippen molar-refractivity contribution in [1.82, 2.24) is 0 Å². The lowest BCUT2D eigenvalue weighted by Gasteiger charge is -2.35. The fourth-order valence-corrected chi connectivity index (χ4v) is 4.95. The Bertz CT molecular complexity index is 188. The van der Waals surface area contributed by atoms with Crippen LogP contribution in [0.5, 0.6) is 0 Å². The van der Waals surface area contributed by atoms with E-state index < -0.39 is 23.5 Å². The first-order chi connectivity index (χ1) is 6.45. The van der Waals surface area contributed by atoms with Crippen LogP contribution in [0.1, 0.15) is 0 Å². The van der Waals surface area contributed by atoms with Crippen molar-refractivity contribution in [2.75, 3.05) is 16.0 Å². The summed E-state index contributed by atoms with van der Waals surface area (Å²) in [6.45, 7) is 0. The summed E-state index contributed by atoms with van der Waals surface area (Å²) in [5, 5.41) is 19.5. The Balaban J connectivity index is 5.00. The molecule has 0 heterocycles. The Kier molecular flexibility index (Phi) is 6.80. The van der Waals surface area contributed by atoms with Crippen molar-refractivity contribution < 1.29 is 15.0 Å². The maximum absolute atomic E-state index is 11.1. The van der Waals surface area contributed by atoms with Gasteiger partial charge >= 0.3 is 0 Å². The van der Waals surface area contributed by atoms with Crippen LogP contribution in [0.2, 0.25) is 0 Å². The van der Waals surface area contributed by atoms with Gasteiger partial charge in [-0.25, -0.2) is 0 Å². The molecule has 1 amide bonds. The molecule has 0 saturated heterocycles. The standard InChI is InChI=1S/C7H12Br3NO3/c8-1-7(2-9,3-10)4(5(11)12)6(13)14/h4,6,13-14H,1-3H2,(H2,11,12). The molecule has 0 aromatic rings. The molecule has 0 fully saturated rings. The number of aliphatic hydroxyl groups excluding tert-OH is 1. The molecule has 0 bridgehead atoms. The van der Waals surface area contributed by atoms with Crippen molar-refractivity contribution in [1.29, 1.82) is 0 Å². The average molecular weight is 398 g/mol. The van der Waals surface area contributed by atoms with Crippen LogP contribution >= 0.6 is 47.8 Å². The number of rotatable bonds is 6. The molecule has 84 valence electrons. The molecule has 0 spiro atoms. The molecule has 0 aliphatic carbocycles. The second-order valence-corrected chi connectivity index (χ2v) is 4.74. The highest BCUT2D eigenvalue weighted by atomic mass is 79.9. The Hall–Kier alpha value is 0.830. The maximum Gasteiger partial charge on any atom is 0.226 e. The molecule has 4 nitrogen and oxygen atoms in total. The van der Waals surface area contributed by atoms with Crippen LogP contribution in [-0.4, -0.2) is 38.4 Å². The molecular formula is C7H12Br3NO3. The van der Waals surface area contributed by atoms with E-state index in [9.17, 15) is 4.79 Å². The lowest BCUT2D eigenvalue weighted by Crippen LogP contribution is -2.49. The summed E-state index contributed by atoms with van der Waals surface area (Å²) in [6.07, 6.45) is -1.75. The van der Waals surface area contributed by atoms with Crippen molar-refractivity contribution in [3.63, 3.8) is 0 Å². The van der Waals surface area contributed by atoms with E-state index in [0.717, 1.165) is 0 Å². The predicted molar refractivity (Wildman–Crippen MR) is 64.7 cm³/mol. The summed E-state index contributed by atoms with van der Waals surface area (Å²) in [4.78, 5) is 11.1. The molecule has 0 aromatic carbocycles. The summed E-state index contributed by atoms with van der Waals surface area (Å²) in [5.41, 5.74) is 4.49. The Morgan fingerprint density at radius 2 is 1.57 bits per heavy atom. The van der Waals surface area contributed by atoms with E-state index in [4.69, 9.17) is 15.9 Å². The van der Waals surface area contributed by atoms with Crippen molar-refractivity contribution in [3.05, 3.63) is 0 Å². The highest BCUT2D eigenvalue weighted by Crippen LogP contribution is 2.35. The average Bonchev–Trinajstić information content (AvgIpc) is 2.12. The minimum atomic E-state index is -1.75. The molecule has 0 aromatic heterocycles. The SMILES string of the molecule is NC(=O)C(C(O)O)C(CBr)(CBr)CBr. The molecule has 0 aliphatic rings. The topological polar surface area (TPSA) is 83.6 Å². The third kappa shape index (κ3) is 3.16. The van der Waals surface area contributed by atoms with Crippen LogP contribution in [0.25, 0.3) is 0 Å². The lowest BCUT2D eigenvalue weighted by molar-refractivity contribution is -0.148. The van der Waals surface area contributed by atoms with Gasteiger partial charge in [-0.2, -0.15) is 0 Å². The highest BCUT2D eigenvalue weighted by molar-refractivity contribution is 9.10. The maximum atomic E-state index is 11.1. The zero-order valence-electron chi connectivity index (χ0n) is 7.29. The smallest absolute Gasteiger partial charge is 0.226 e. The molecule has 0 radical (unpaired) electrons. The van der Waals surface area contributed by atoms with E-state index in [-0.39, 0.29) is 0 Å². The molecule has 1 unspecified atom stereocenters. The summed E-state index contributed by atoms with van der Waals surface area (Å²) < 4.78 is 0. The number of hydrogen-bond donors (Lipinski definition) is 3. The summed E-state index contributed by atoms with van der Waals surface area (Å²) in [5.74, 6) is -1.74. The monoisotopic (exact) mass is 395 g/mol. The van der Waals surface area contributed by atoms with Gasteiger partial charge in [-0.1, -0.05) is 47.8 Å². The number of halogens is 3. The number of aliphatic hydroxyl groups is 2. The summed E-state index contributed by atoms with van der Waals surface area (Å²) in [7, 11) is 0. The van der Waals surface area contributed by atoms with Crippen LogP contribution in [0.15, 0.2) is 0 Å². The summed E-state index contributed by atoms with van der Waals surface area (Å²) in [6, 6.07) is 0. The van der Waals surface area contributed by atoms with Gasteiger partial charge in [-0.05, 0) is 0 Å². The first-order valence-electron chi connectivity index (χ1n) is 3.78. The van der Waals surface area contributed by atoms with Crippen molar-refractivity contribution in [2.45, 2.75) is 6.29 Å². The van der Waals surface area contributed by atoms with E-state index in [1.807, 2.05) is 0 Å². The largest absolute Gasteiger partial charge is 0.369 e. The molecule has 4 N–H and O–H groups in total. The number of amides is 1. The summed E-state index contributed by atoms with van der Waals surface area (Å²) >= 11 is 9.72. The number of nitrogens with two attached hydrogens (primary N) is 1. The van der Waals surface area contributed by atoms with E-state index in [0.29, 0.717) is 16.0 Å². The number of hydrogen-bond acceptors (Lipinski definition) is 3. The van der Waals surface area contributed by atoms with Gasteiger partial charge < -0.3 is 15.9 Å². The predicted octanol–water partition coefficient (Wildman–Crippen LogP) is 0.570. The second-order valence-electron chi connectivity index (χ2n) is 3.06. The second kappa shape index (κ2) is 6.42. The molecule has 0 rings (SSSR count). The third-order valence-electron chi connectivity index (χ3n) is 2.06. The van der Waals surface area contributed by atoms with Gasteiger partial charge in [0.2, 0.25) is 5.91 Å². The lowest BCUT2D eigenvalue weighted by atomic mass is 9.79. The molecule has 14 heavy (non-hydrogen) atoms. The third-order valence-corrected chi connectivity index (χ3v) is 5.41. The number of primary amides is 1. The number of alkyl halides is 3. The molecular weight excluding hydrogens is 386 g/mol. The molecule has 7 heteroatoms. The Morgan fingerprint density at radius 1 is 1.21 bits per heavy atom. The molecule has 1 atom stereocenters. The quantitative estimate of drug-likeness (QED) is 0.452. The van der Waals surface area contributed by atoms with Crippen molar-refractivity contribution in [2.24, 2.45) is 17.1 Å². The van der Waals surface area contributed by atoms with Crippen LogP contribution in [0.3, 0.4) is 0 Å². The minimum absolute atomic E-state index is 0.432. The van der Waals surface area contributed by atoms with Crippen LogP contribution in [0, 0.1) is 11.3 Å². The minimum Gasteiger partial charge on any atom is -0.369 e. The van der Waals surface area contributed by atoms with Gasteiger partial charge in [0.1, 0.15) is 0 Å². The molecule has 0 aliphatic heterocycles. The van der Waals surface area contributed by atoms with Crippen molar-refractivity contribution >= 4 is 53.7 Å². The van der Waals surface area contributed by atoms with Gasteiger partial charge in [-0.3, -0.25) is 4.79 Å². The highest BCUT2D eigenvalue weighted by Gasteiger charge is 2.43. The zero-order valence-corrected chi connectivity index (χ0v) is 12.0. The fourth-order valence-electron chi connectivity index (χ4n) is 1.12. The van der Waals surface area contributed by atoms with Gasteiger partial charge in [0.05, 0.1) is 5.92 Å². The van der Waals surface area contributed by atoms with E-state index >= 15 is 0 Å². The van der Waals surface area contributed by atoms with Gasteiger partial charge in [-0.15, -0.1) is 0 Å². The first-order valence-corrected chi connectivity index (χ1v) is 7.15.